The second kappa shape index (κ2) is 8.78. The van der Waals surface area contributed by atoms with Crippen LogP contribution in [-0.4, -0.2) is 56.0 Å². The van der Waals surface area contributed by atoms with Gasteiger partial charge in [-0.25, -0.2) is 22.8 Å². The van der Waals surface area contributed by atoms with Gasteiger partial charge in [-0.1, -0.05) is 23.7 Å². The molecule has 1 saturated heterocycles. The molecule has 0 unspecified atom stereocenters. The minimum Gasteiger partial charge on any atom is -0.497 e. The standard InChI is InChI=1S/C21H20ClFN4O3S/c1-30-17-4-2-3-15(11-17)19-13-21(25-14-24-19)26-7-9-27(10-8-26)31(28,29)20-6-5-16(23)12-18(20)22/h2-6,11-14H,7-10H2,1H3. The summed E-state index contributed by atoms with van der Waals surface area (Å²) in [7, 11) is -2.20. The molecule has 2 heterocycles. The fourth-order valence-electron chi connectivity index (χ4n) is 3.44. The number of anilines is 1. The van der Waals surface area contributed by atoms with Crippen molar-refractivity contribution in [3.05, 3.63) is 65.7 Å². The third-order valence-corrected chi connectivity index (χ3v) is 7.47. The average Bonchev–Trinajstić information content (AvgIpc) is 2.79. The molecule has 1 aliphatic heterocycles. The molecule has 3 aromatic rings. The average molecular weight is 463 g/mol. The number of ether oxygens (including phenoxy) is 1. The number of piperazine rings is 1. The van der Waals surface area contributed by atoms with E-state index in [1.165, 1.54) is 16.7 Å². The smallest absolute Gasteiger partial charge is 0.244 e. The van der Waals surface area contributed by atoms with Crippen molar-refractivity contribution >= 4 is 27.4 Å². The molecule has 162 valence electrons. The Labute approximate surface area is 185 Å². The molecule has 0 N–H and O–H groups in total. The maximum atomic E-state index is 13.3. The second-order valence-electron chi connectivity index (χ2n) is 6.96. The van der Waals surface area contributed by atoms with E-state index in [1.54, 1.807) is 7.11 Å². The van der Waals surface area contributed by atoms with E-state index in [2.05, 4.69) is 9.97 Å². The number of aromatic nitrogens is 2. The third-order valence-electron chi connectivity index (χ3n) is 5.09. The van der Waals surface area contributed by atoms with E-state index in [0.717, 1.165) is 29.1 Å². The second-order valence-corrected chi connectivity index (χ2v) is 9.27. The highest BCUT2D eigenvalue weighted by Crippen LogP contribution is 2.28. The Morgan fingerprint density at radius 3 is 2.52 bits per heavy atom. The first kappa shape index (κ1) is 21.5. The van der Waals surface area contributed by atoms with Crippen molar-refractivity contribution in [3.8, 4) is 17.0 Å². The van der Waals surface area contributed by atoms with Gasteiger partial charge in [0, 0.05) is 37.8 Å². The van der Waals surface area contributed by atoms with Crippen LogP contribution in [0.3, 0.4) is 0 Å². The minimum atomic E-state index is -3.81. The highest BCUT2D eigenvalue weighted by Gasteiger charge is 2.30. The third kappa shape index (κ3) is 4.48. The quantitative estimate of drug-likeness (QED) is 0.578. The molecule has 1 fully saturated rings. The van der Waals surface area contributed by atoms with Crippen LogP contribution in [0, 0.1) is 5.82 Å². The number of benzene rings is 2. The van der Waals surface area contributed by atoms with Crippen LogP contribution in [0.15, 0.2) is 59.8 Å². The van der Waals surface area contributed by atoms with Gasteiger partial charge >= 0.3 is 0 Å². The van der Waals surface area contributed by atoms with Crippen LogP contribution in [0.2, 0.25) is 5.02 Å². The van der Waals surface area contributed by atoms with E-state index in [-0.39, 0.29) is 23.0 Å². The van der Waals surface area contributed by atoms with Gasteiger partial charge in [-0.05, 0) is 30.3 Å². The van der Waals surface area contributed by atoms with Gasteiger partial charge in [0.25, 0.3) is 0 Å². The van der Waals surface area contributed by atoms with Gasteiger partial charge in [0.05, 0.1) is 17.8 Å². The first-order chi connectivity index (χ1) is 14.9. The lowest BCUT2D eigenvalue weighted by molar-refractivity contribution is 0.383. The summed E-state index contributed by atoms with van der Waals surface area (Å²) >= 11 is 5.97. The molecule has 0 atom stereocenters. The molecule has 7 nitrogen and oxygen atoms in total. The molecule has 1 aromatic heterocycles. The zero-order chi connectivity index (χ0) is 22.0. The summed E-state index contributed by atoms with van der Waals surface area (Å²) in [5.74, 6) is 0.866. The number of sulfonamides is 1. The van der Waals surface area contributed by atoms with Crippen LogP contribution >= 0.6 is 11.6 Å². The number of halogens is 2. The molecule has 0 spiro atoms. The summed E-state index contributed by atoms with van der Waals surface area (Å²) in [6.45, 7) is 1.42. The van der Waals surface area contributed by atoms with Crippen molar-refractivity contribution in [2.45, 2.75) is 4.90 Å². The predicted octanol–water partition coefficient (Wildman–Crippen LogP) is 3.46. The van der Waals surface area contributed by atoms with Crippen molar-refractivity contribution in [2.24, 2.45) is 0 Å². The van der Waals surface area contributed by atoms with E-state index in [4.69, 9.17) is 16.3 Å². The summed E-state index contributed by atoms with van der Waals surface area (Å²) in [6, 6.07) is 12.7. The minimum absolute atomic E-state index is 0.0913. The van der Waals surface area contributed by atoms with Crippen LogP contribution < -0.4 is 9.64 Å². The van der Waals surface area contributed by atoms with Crippen LogP contribution in [0.5, 0.6) is 5.75 Å². The number of nitrogens with zero attached hydrogens (tertiary/aromatic N) is 4. The normalized spacial score (nSPS) is 15.1. The Morgan fingerprint density at radius 2 is 1.81 bits per heavy atom. The number of hydrogen-bond donors (Lipinski definition) is 0. The summed E-state index contributed by atoms with van der Waals surface area (Å²) in [6.07, 6.45) is 1.49. The molecular formula is C21H20ClFN4O3S. The van der Waals surface area contributed by atoms with Crippen molar-refractivity contribution < 1.29 is 17.5 Å². The fraction of sp³-hybridized carbons (Fsp3) is 0.238. The molecule has 4 rings (SSSR count). The fourth-order valence-corrected chi connectivity index (χ4v) is 5.37. The van der Waals surface area contributed by atoms with Crippen LogP contribution in [0.4, 0.5) is 10.2 Å². The van der Waals surface area contributed by atoms with Gasteiger partial charge in [-0.3, -0.25) is 0 Å². The topological polar surface area (TPSA) is 75.6 Å². The van der Waals surface area contributed by atoms with Gasteiger partial charge in [0.15, 0.2) is 0 Å². The molecular weight excluding hydrogens is 443 g/mol. The van der Waals surface area contributed by atoms with Gasteiger partial charge in [-0.2, -0.15) is 4.31 Å². The highest BCUT2D eigenvalue weighted by atomic mass is 35.5. The molecule has 0 saturated carbocycles. The molecule has 1 aliphatic rings. The van der Waals surface area contributed by atoms with E-state index >= 15 is 0 Å². The van der Waals surface area contributed by atoms with Crippen molar-refractivity contribution in [2.75, 3.05) is 38.2 Å². The lowest BCUT2D eigenvalue weighted by atomic mass is 10.1. The van der Waals surface area contributed by atoms with Gasteiger partial charge in [0.1, 0.15) is 28.6 Å². The molecule has 0 radical (unpaired) electrons. The van der Waals surface area contributed by atoms with E-state index < -0.39 is 15.8 Å². The Bertz CT molecular complexity index is 1200. The summed E-state index contributed by atoms with van der Waals surface area (Å²) in [5.41, 5.74) is 1.65. The van der Waals surface area contributed by atoms with Gasteiger partial charge in [0.2, 0.25) is 10.0 Å². The molecule has 10 heteroatoms. The van der Waals surface area contributed by atoms with E-state index in [0.29, 0.717) is 18.9 Å². The van der Waals surface area contributed by atoms with Crippen LogP contribution in [0.1, 0.15) is 0 Å². The van der Waals surface area contributed by atoms with Crippen molar-refractivity contribution in [3.63, 3.8) is 0 Å². The molecule has 31 heavy (non-hydrogen) atoms. The largest absolute Gasteiger partial charge is 0.497 e. The molecule has 0 aliphatic carbocycles. The Balaban J connectivity index is 1.50. The van der Waals surface area contributed by atoms with Gasteiger partial charge in [-0.15, -0.1) is 0 Å². The summed E-state index contributed by atoms with van der Waals surface area (Å²) in [4.78, 5) is 10.6. The maximum Gasteiger partial charge on any atom is 0.244 e. The first-order valence-corrected chi connectivity index (χ1v) is 11.4. The van der Waals surface area contributed by atoms with Crippen molar-refractivity contribution in [1.29, 1.82) is 0 Å². The predicted molar refractivity (Wildman–Crippen MR) is 116 cm³/mol. The summed E-state index contributed by atoms with van der Waals surface area (Å²) < 4.78 is 45.8. The Morgan fingerprint density at radius 1 is 1.03 bits per heavy atom. The summed E-state index contributed by atoms with van der Waals surface area (Å²) in [5, 5.41) is -0.124. The molecule has 0 amide bonds. The Hall–Kier alpha value is -2.75. The van der Waals surface area contributed by atoms with E-state index in [1.807, 2.05) is 35.2 Å². The number of rotatable bonds is 5. The first-order valence-electron chi connectivity index (χ1n) is 9.55. The maximum absolute atomic E-state index is 13.3. The lowest BCUT2D eigenvalue weighted by Gasteiger charge is -2.34. The van der Waals surface area contributed by atoms with Crippen molar-refractivity contribution in [1.82, 2.24) is 14.3 Å². The monoisotopic (exact) mass is 462 g/mol. The van der Waals surface area contributed by atoms with Crippen LogP contribution in [-0.2, 0) is 10.0 Å². The lowest BCUT2D eigenvalue weighted by Crippen LogP contribution is -2.49. The molecule has 0 bridgehead atoms. The number of hydrogen-bond acceptors (Lipinski definition) is 6. The zero-order valence-electron chi connectivity index (χ0n) is 16.7. The van der Waals surface area contributed by atoms with Crippen LogP contribution in [0.25, 0.3) is 11.3 Å². The zero-order valence-corrected chi connectivity index (χ0v) is 18.3. The highest BCUT2D eigenvalue weighted by molar-refractivity contribution is 7.89. The van der Waals surface area contributed by atoms with E-state index in [9.17, 15) is 12.8 Å². The van der Waals surface area contributed by atoms with Gasteiger partial charge < -0.3 is 9.64 Å². The molecule has 2 aromatic carbocycles. The number of methoxy groups -OCH3 is 1. The Kier molecular flexibility index (Phi) is 6.08. The SMILES string of the molecule is COc1cccc(-c2cc(N3CCN(S(=O)(=O)c4ccc(F)cc4Cl)CC3)ncn2)c1.